The van der Waals surface area contributed by atoms with Crippen LogP contribution in [0.5, 0.6) is 5.75 Å². The van der Waals surface area contributed by atoms with E-state index in [9.17, 15) is 4.79 Å². The number of hydrogen-bond donors (Lipinski definition) is 1. The van der Waals surface area contributed by atoms with Gasteiger partial charge in [0, 0.05) is 5.56 Å². The Morgan fingerprint density at radius 3 is 2.79 bits per heavy atom. The van der Waals surface area contributed by atoms with Crippen LogP contribution in [0.25, 0.3) is 5.69 Å². The molecule has 28 heavy (non-hydrogen) atoms. The molecule has 0 radical (unpaired) electrons. The molecule has 3 aromatic rings. The third-order valence-electron chi connectivity index (χ3n) is 5.28. The van der Waals surface area contributed by atoms with Gasteiger partial charge in [0.25, 0.3) is 0 Å². The predicted octanol–water partition coefficient (Wildman–Crippen LogP) is 4.31. The van der Waals surface area contributed by atoms with Gasteiger partial charge in [0.1, 0.15) is 5.75 Å². The first-order valence-electron chi connectivity index (χ1n) is 9.47. The van der Waals surface area contributed by atoms with Gasteiger partial charge in [0.15, 0.2) is 0 Å². The van der Waals surface area contributed by atoms with Gasteiger partial charge in [0.05, 0.1) is 37.2 Å². The van der Waals surface area contributed by atoms with E-state index in [1.165, 1.54) is 5.69 Å². The minimum absolute atomic E-state index is 0.0168. The minimum atomic E-state index is -0.0168. The summed E-state index contributed by atoms with van der Waals surface area (Å²) in [4.78, 5) is 12.6. The number of carbonyl (C=O) groups excluding carboxylic acids is 1. The molecule has 1 atom stereocenters. The first kappa shape index (κ1) is 18.7. The molecular formula is C22H25N3O2S. The van der Waals surface area contributed by atoms with Crippen LogP contribution >= 0.6 is 11.3 Å². The largest absolute Gasteiger partial charge is 0.497 e. The number of rotatable bonds is 5. The standard InChI is InChI=1S/C22H25N3O2S/c1-22(2)11-19(24-21(26)10-15-8-9-28-14-15)18-13-23-25(20(18)12-22)16-4-6-17(27-3)7-5-16/h4-9,13-14,19H,10-12H2,1-3H3,(H,24,26). The second-order valence-corrected chi connectivity index (χ2v) is 8.91. The fourth-order valence-electron chi connectivity index (χ4n) is 3.94. The lowest BCUT2D eigenvalue weighted by Gasteiger charge is -2.36. The van der Waals surface area contributed by atoms with Crippen LogP contribution in [0.3, 0.4) is 0 Å². The molecule has 0 saturated carbocycles. The molecule has 0 saturated heterocycles. The lowest BCUT2D eigenvalue weighted by molar-refractivity contribution is -0.121. The van der Waals surface area contributed by atoms with Gasteiger partial charge in [-0.05, 0) is 64.9 Å². The molecule has 0 bridgehead atoms. The van der Waals surface area contributed by atoms with E-state index in [1.54, 1.807) is 18.4 Å². The maximum absolute atomic E-state index is 12.6. The van der Waals surface area contributed by atoms with E-state index < -0.39 is 0 Å². The zero-order chi connectivity index (χ0) is 19.7. The Morgan fingerprint density at radius 2 is 2.11 bits per heavy atom. The van der Waals surface area contributed by atoms with Gasteiger partial charge < -0.3 is 10.1 Å². The summed E-state index contributed by atoms with van der Waals surface area (Å²) in [6.07, 6.45) is 4.15. The maximum Gasteiger partial charge on any atom is 0.224 e. The van der Waals surface area contributed by atoms with Gasteiger partial charge in [-0.2, -0.15) is 16.4 Å². The summed E-state index contributed by atoms with van der Waals surface area (Å²) in [7, 11) is 1.66. The number of methoxy groups -OCH3 is 1. The van der Waals surface area contributed by atoms with Crippen molar-refractivity contribution < 1.29 is 9.53 Å². The van der Waals surface area contributed by atoms with Crippen molar-refractivity contribution in [2.45, 2.75) is 39.2 Å². The fourth-order valence-corrected chi connectivity index (χ4v) is 4.61. The van der Waals surface area contributed by atoms with E-state index in [-0.39, 0.29) is 17.4 Å². The van der Waals surface area contributed by atoms with Crippen LogP contribution in [0.4, 0.5) is 0 Å². The van der Waals surface area contributed by atoms with Crippen LogP contribution in [0.15, 0.2) is 47.3 Å². The smallest absolute Gasteiger partial charge is 0.224 e. The van der Waals surface area contributed by atoms with Crippen molar-refractivity contribution >= 4 is 17.2 Å². The number of fused-ring (bicyclic) bond motifs is 1. The van der Waals surface area contributed by atoms with E-state index in [4.69, 9.17) is 4.74 Å². The van der Waals surface area contributed by atoms with Crippen LogP contribution in [-0.4, -0.2) is 22.8 Å². The highest BCUT2D eigenvalue weighted by Crippen LogP contribution is 2.41. The van der Waals surface area contributed by atoms with Crippen LogP contribution in [0.1, 0.15) is 43.1 Å². The quantitative estimate of drug-likeness (QED) is 0.700. The third-order valence-corrected chi connectivity index (χ3v) is 6.01. The molecule has 5 nitrogen and oxygen atoms in total. The zero-order valence-corrected chi connectivity index (χ0v) is 17.3. The summed E-state index contributed by atoms with van der Waals surface area (Å²) >= 11 is 1.62. The molecule has 4 rings (SSSR count). The Balaban J connectivity index is 1.61. The minimum Gasteiger partial charge on any atom is -0.497 e. The highest BCUT2D eigenvalue weighted by atomic mass is 32.1. The molecule has 1 aromatic carbocycles. The van der Waals surface area contributed by atoms with Gasteiger partial charge in [-0.3, -0.25) is 4.79 Å². The number of ether oxygens (including phenoxy) is 1. The van der Waals surface area contributed by atoms with Gasteiger partial charge in [-0.1, -0.05) is 13.8 Å². The Morgan fingerprint density at radius 1 is 1.32 bits per heavy atom. The highest BCUT2D eigenvalue weighted by Gasteiger charge is 2.36. The van der Waals surface area contributed by atoms with Crippen molar-refractivity contribution in [3.63, 3.8) is 0 Å². The van der Waals surface area contributed by atoms with Crippen LogP contribution in [0, 0.1) is 5.41 Å². The third kappa shape index (κ3) is 3.83. The van der Waals surface area contributed by atoms with Gasteiger partial charge in [-0.15, -0.1) is 0 Å². The Bertz CT molecular complexity index is 958. The number of nitrogens with one attached hydrogen (secondary N) is 1. The SMILES string of the molecule is COc1ccc(-n2ncc3c2CC(C)(C)CC3NC(=O)Cc2ccsc2)cc1. The molecule has 6 heteroatoms. The van der Waals surface area contributed by atoms with Crippen molar-refractivity contribution in [1.29, 1.82) is 0 Å². The highest BCUT2D eigenvalue weighted by molar-refractivity contribution is 7.08. The summed E-state index contributed by atoms with van der Waals surface area (Å²) in [6, 6.07) is 9.89. The molecule has 0 aliphatic heterocycles. The summed E-state index contributed by atoms with van der Waals surface area (Å²) in [6.45, 7) is 4.50. The molecule has 2 aromatic heterocycles. The van der Waals surface area contributed by atoms with Crippen molar-refractivity contribution in [1.82, 2.24) is 15.1 Å². The topological polar surface area (TPSA) is 56.1 Å². The summed E-state index contributed by atoms with van der Waals surface area (Å²) in [5.74, 6) is 0.882. The molecule has 0 fully saturated rings. The fraction of sp³-hybridized carbons (Fsp3) is 0.364. The number of nitrogens with zero attached hydrogens (tertiary/aromatic N) is 2. The molecule has 1 amide bonds. The number of carbonyl (C=O) groups is 1. The summed E-state index contributed by atoms with van der Waals surface area (Å²) in [5.41, 5.74) is 4.43. The van der Waals surface area contributed by atoms with Crippen molar-refractivity contribution in [2.75, 3.05) is 7.11 Å². The Kier molecular flexibility index (Phi) is 4.98. The van der Waals surface area contributed by atoms with E-state index >= 15 is 0 Å². The number of amides is 1. The molecule has 1 aliphatic carbocycles. The van der Waals surface area contributed by atoms with Crippen LogP contribution in [0.2, 0.25) is 0 Å². The Hall–Kier alpha value is -2.60. The number of hydrogen-bond acceptors (Lipinski definition) is 4. The predicted molar refractivity (Wildman–Crippen MR) is 111 cm³/mol. The second kappa shape index (κ2) is 7.43. The van der Waals surface area contributed by atoms with Gasteiger partial charge in [0.2, 0.25) is 5.91 Å². The molecular weight excluding hydrogens is 370 g/mol. The number of aromatic nitrogens is 2. The number of thiophene rings is 1. The van der Waals surface area contributed by atoms with Crippen molar-refractivity contribution in [3.8, 4) is 11.4 Å². The zero-order valence-electron chi connectivity index (χ0n) is 16.4. The molecule has 1 unspecified atom stereocenters. The van der Waals surface area contributed by atoms with Gasteiger partial charge >= 0.3 is 0 Å². The molecule has 0 spiro atoms. The summed E-state index contributed by atoms with van der Waals surface area (Å²) < 4.78 is 7.25. The van der Waals surface area contributed by atoms with Crippen LogP contribution in [-0.2, 0) is 17.6 Å². The van der Waals surface area contributed by atoms with Gasteiger partial charge in [-0.25, -0.2) is 4.68 Å². The van der Waals surface area contributed by atoms with E-state index in [0.29, 0.717) is 6.42 Å². The van der Waals surface area contributed by atoms with E-state index in [1.807, 2.05) is 52.0 Å². The molecule has 2 heterocycles. The first-order valence-corrected chi connectivity index (χ1v) is 10.4. The van der Waals surface area contributed by atoms with Crippen LogP contribution < -0.4 is 10.1 Å². The molecule has 1 aliphatic rings. The normalized spacial score (nSPS) is 17.8. The molecule has 1 N–H and O–H groups in total. The average molecular weight is 396 g/mol. The Labute approximate surface area is 169 Å². The van der Waals surface area contributed by atoms with E-state index in [2.05, 4.69) is 24.3 Å². The first-order chi connectivity index (χ1) is 13.4. The maximum atomic E-state index is 12.6. The summed E-state index contributed by atoms with van der Waals surface area (Å²) in [5, 5.41) is 11.9. The molecule has 146 valence electrons. The van der Waals surface area contributed by atoms with E-state index in [0.717, 1.165) is 35.4 Å². The lowest BCUT2D eigenvalue weighted by atomic mass is 9.74. The lowest BCUT2D eigenvalue weighted by Crippen LogP contribution is -2.37. The second-order valence-electron chi connectivity index (χ2n) is 8.13. The average Bonchev–Trinajstić information content (AvgIpc) is 3.30. The monoisotopic (exact) mass is 395 g/mol. The van der Waals surface area contributed by atoms with Crippen molar-refractivity contribution in [3.05, 3.63) is 64.1 Å². The number of benzene rings is 1. The van der Waals surface area contributed by atoms with Crippen molar-refractivity contribution in [2.24, 2.45) is 5.41 Å².